The number of carbonyl (C=O) groups is 2. The minimum atomic E-state index is -1.22. The second-order valence-corrected chi connectivity index (χ2v) is 4.55. The first kappa shape index (κ1) is 12.2. The van der Waals surface area contributed by atoms with Gasteiger partial charge in [-0.2, -0.15) is 0 Å². The Morgan fingerprint density at radius 3 is 1.35 bits per heavy atom. The molecular weight excluding hydrogens is 256 g/mol. The van der Waals surface area contributed by atoms with Crippen molar-refractivity contribution in [2.75, 3.05) is 0 Å². The van der Waals surface area contributed by atoms with Crippen LogP contribution in [-0.2, 0) is 0 Å². The van der Waals surface area contributed by atoms with Gasteiger partial charge in [0.15, 0.2) is 0 Å². The molecule has 0 aromatic heterocycles. The van der Waals surface area contributed by atoms with E-state index in [1.165, 1.54) is 24.3 Å². The molecule has 3 rings (SSSR count). The van der Waals surface area contributed by atoms with E-state index in [1.807, 2.05) is 12.1 Å². The van der Waals surface area contributed by atoms with Gasteiger partial charge in [0.25, 0.3) is 0 Å². The van der Waals surface area contributed by atoms with E-state index in [4.69, 9.17) is 0 Å². The predicted molar refractivity (Wildman–Crippen MR) is 70.1 cm³/mol. The van der Waals surface area contributed by atoms with Crippen LogP contribution in [0.15, 0.2) is 48.5 Å². The van der Waals surface area contributed by atoms with Crippen LogP contribution < -0.4 is 10.2 Å². The normalized spacial score (nSPS) is 10.8. The van der Waals surface area contributed by atoms with Crippen molar-refractivity contribution in [3.63, 3.8) is 0 Å². The molecule has 4 nitrogen and oxygen atoms in total. The van der Waals surface area contributed by atoms with Crippen LogP contribution in [0.2, 0.25) is 0 Å². The van der Waals surface area contributed by atoms with Crippen molar-refractivity contribution in [1.29, 1.82) is 0 Å². The Hall–Kier alpha value is -2.88. The Morgan fingerprint density at radius 2 is 1.00 bits per heavy atom. The predicted octanol–water partition coefficient (Wildman–Crippen LogP) is 0.720. The van der Waals surface area contributed by atoms with Crippen molar-refractivity contribution < 1.29 is 19.8 Å². The van der Waals surface area contributed by atoms with Gasteiger partial charge >= 0.3 is 0 Å². The zero-order chi connectivity index (χ0) is 14.3. The number of carboxylic acid groups (broad SMARTS) is 2. The molecule has 0 bridgehead atoms. The van der Waals surface area contributed by atoms with Crippen molar-refractivity contribution in [2.24, 2.45) is 0 Å². The van der Waals surface area contributed by atoms with Gasteiger partial charge in [-0.1, -0.05) is 24.3 Å². The molecule has 0 amide bonds. The molecule has 0 aliphatic rings. The lowest BCUT2D eigenvalue weighted by Gasteiger charge is -2.08. The molecule has 3 aromatic carbocycles. The number of hydrogen-bond acceptors (Lipinski definition) is 4. The lowest BCUT2D eigenvalue weighted by molar-refractivity contribution is -0.256. The summed E-state index contributed by atoms with van der Waals surface area (Å²) in [5, 5.41) is 24.9. The summed E-state index contributed by atoms with van der Waals surface area (Å²) in [4.78, 5) is 21.7. The lowest BCUT2D eigenvalue weighted by atomic mass is 10.0. The Bertz CT molecular complexity index is 791. The SMILES string of the molecule is O=C([O-])c1ccc2cc3cc(C(=O)[O-])ccc3cc2c1. The standard InChI is InChI=1S/C16H10O4/c17-15(18)11-3-1-9-5-14-8-12(16(19)20)4-2-10(14)6-13(9)7-11/h1-8H,(H,17,18)(H,19,20)/p-2. The molecular formula is C16H8O4-2. The van der Waals surface area contributed by atoms with E-state index in [-0.39, 0.29) is 11.1 Å². The molecule has 0 unspecified atom stereocenters. The van der Waals surface area contributed by atoms with Gasteiger partial charge < -0.3 is 19.8 Å². The second kappa shape index (κ2) is 4.35. The van der Waals surface area contributed by atoms with Crippen LogP contribution in [0.1, 0.15) is 20.7 Å². The molecule has 0 spiro atoms. The van der Waals surface area contributed by atoms with E-state index >= 15 is 0 Å². The Morgan fingerprint density at radius 1 is 0.600 bits per heavy atom. The van der Waals surface area contributed by atoms with Crippen molar-refractivity contribution in [2.45, 2.75) is 0 Å². The highest BCUT2D eigenvalue weighted by molar-refractivity contribution is 6.02. The number of rotatable bonds is 2. The average molecular weight is 264 g/mol. The fraction of sp³-hybridized carbons (Fsp3) is 0. The van der Waals surface area contributed by atoms with Gasteiger partial charge in [0.05, 0.1) is 11.9 Å². The molecule has 0 atom stereocenters. The molecule has 0 fully saturated rings. The summed E-state index contributed by atoms with van der Waals surface area (Å²) in [5.74, 6) is -2.45. The summed E-state index contributed by atoms with van der Waals surface area (Å²) >= 11 is 0. The van der Waals surface area contributed by atoms with Crippen LogP contribution in [-0.4, -0.2) is 11.9 Å². The van der Waals surface area contributed by atoms with Crippen LogP contribution in [0.5, 0.6) is 0 Å². The summed E-state index contributed by atoms with van der Waals surface area (Å²) in [6.45, 7) is 0. The van der Waals surface area contributed by atoms with E-state index in [0.717, 1.165) is 21.5 Å². The van der Waals surface area contributed by atoms with Crippen LogP contribution >= 0.6 is 0 Å². The third-order valence-electron chi connectivity index (χ3n) is 3.27. The molecule has 0 heterocycles. The summed E-state index contributed by atoms with van der Waals surface area (Å²) < 4.78 is 0. The third-order valence-corrected chi connectivity index (χ3v) is 3.27. The van der Waals surface area contributed by atoms with Crippen LogP contribution in [0, 0.1) is 0 Å². The quantitative estimate of drug-likeness (QED) is 0.639. The highest BCUT2D eigenvalue weighted by Gasteiger charge is 2.02. The smallest absolute Gasteiger partial charge is 0.0715 e. The molecule has 0 aliphatic heterocycles. The summed E-state index contributed by atoms with van der Waals surface area (Å²) in [6, 6.07) is 13.0. The van der Waals surface area contributed by atoms with E-state index < -0.39 is 11.9 Å². The van der Waals surface area contributed by atoms with Crippen LogP contribution in [0.3, 0.4) is 0 Å². The van der Waals surface area contributed by atoms with Gasteiger partial charge in [-0.15, -0.1) is 0 Å². The summed E-state index contributed by atoms with van der Waals surface area (Å²) in [6.07, 6.45) is 0. The average Bonchev–Trinajstić information content (AvgIpc) is 2.43. The number of aromatic carboxylic acids is 2. The lowest BCUT2D eigenvalue weighted by Crippen LogP contribution is -2.22. The zero-order valence-electron chi connectivity index (χ0n) is 10.3. The Labute approximate surface area is 113 Å². The van der Waals surface area contributed by atoms with Gasteiger partial charge in [-0.3, -0.25) is 0 Å². The van der Waals surface area contributed by atoms with E-state index in [0.29, 0.717) is 0 Å². The zero-order valence-corrected chi connectivity index (χ0v) is 10.3. The van der Waals surface area contributed by atoms with Gasteiger partial charge in [0.2, 0.25) is 0 Å². The topological polar surface area (TPSA) is 80.3 Å². The van der Waals surface area contributed by atoms with Gasteiger partial charge in [-0.05, 0) is 56.9 Å². The first-order valence-corrected chi connectivity index (χ1v) is 5.95. The largest absolute Gasteiger partial charge is 0.545 e. The molecule has 0 radical (unpaired) electrons. The fourth-order valence-corrected chi connectivity index (χ4v) is 2.25. The van der Waals surface area contributed by atoms with E-state index in [2.05, 4.69) is 0 Å². The fourth-order valence-electron chi connectivity index (χ4n) is 2.25. The molecule has 0 N–H and O–H groups in total. The minimum absolute atomic E-state index is 0.114. The molecule has 0 aliphatic carbocycles. The van der Waals surface area contributed by atoms with Crippen molar-refractivity contribution in [3.8, 4) is 0 Å². The second-order valence-electron chi connectivity index (χ2n) is 4.55. The molecule has 0 saturated carbocycles. The first-order chi connectivity index (χ1) is 9.54. The number of carbonyl (C=O) groups excluding carboxylic acids is 2. The molecule has 0 saturated heterocycles. The van der Waals surface area contributed by atoms with Gasteiger partial charge in [0.1, 0.15) is 0 Å². The maximum atomic E-state index is 10.8. The third kappa shape index (κ3) is 1.97. The number of benzene rings is 3. The van der Waals surface area contributed by atoms with Crippen molar-refractivity contribution in [1.82, 2.24) is 0 Å². The van der Waals surface area contributed by atoms with Crippen molar-refractivity contribution in [3.05, 3.63) is 59.7 Å². The van der Waals surface area contributed by atoms with E-state index in [1.54, 1.807) is 12.1 Å². The van der Waals surface area contributed by atoms with Crippen LogP contribution in [0.4, 0.5) is 0 Å². The molecule has 20 heavy (non-hydrogen) atoms. The number of fused-ring (bicyclic) bond motifs is 2. The molecule has 3 aromatic rings. The highest BCUT2D eigenvalue weighted by atomic mass is 16.4. The van der Waals surface area contributed by atoms with Crippen LogP contribution in [0.25, 0.3) is 21.5 Å². The molecule has 98 valence electrons. The maximum Gasteiger partial charge on any atom is 0.0715 e. The Balaban J connectivity index is 2.27. The minimum Gasteiger partial charge on any atom is -0.545 e. The summed E-state index contributed by atoms with van der Waals surface area (Å²) in [5.41, 5.74) is 0.228. The van der Waals surface area contributed by atoms with Crippen molar-refractivity contribution >= 4 is 33.5 Å². The summed E-state index contributed by atoms with van der Waals surface area (Å²) in [7, 11) is 0. The Kier molecular flexibility index (Phi) is 2.64. The monoisotopic (exact) mass is 264 g/mol. The van der Waals surface area contributed by atoms with E-state index in [9.17, 15) is 19.8 Å². The van der Waals surface area contributed by atoms with Gasteiger partial charge in [0, 0.05) is 0 Å². The maximum absolute atomic E-state index is 10.8. The molecule has 4 heteroatoms. The first-order valence-electron chi connectivity index (χ1n) is 5.95. The highest BCUT2D eigenvalue weighted by Crippen LogP contribution is 2.24. The van der Waals surface area contributed by atoms with Gasteiger partial charge in [-0.25, -0.2) is 0 Å². The number of carboxylic acids is 2. The number of hydrogen-bond donors (Lipinski definition) is 0.